The highest BCUT2D eigenvalue weighted by Gasteiger charge is 2.25. The van der Waals surface area contributed by atoms with Gasteiger partial charge in [0, 0.05) is 38.8 Å². The van der Waals surface area contributed by atoms with Crippen molar-refractivity contribution in [1.82, 2.24) is 15.1 Å². The van der Waals surface area contributed by atoms with Crippen LogP contribution in [0.3, 0.4) is 0 Å². The maximum Gasteiger partial charge on any atom is 0.233 e. The molecule has 0 unspecified atom stereocenters. The third-order valence-electron chi connectivity index (χ3n) is 4.68. The minimum Gasteiger partial charge on any atom is -0.424 e. The summed E-state index contributed by atoms with van der Waals surface area (Å²) >= 11 is 0. The second-order valence-corrected chi connectivity index (χ2v) is 6.08. The maximum atomic E-state index is 5.57. The average Bonchev–Trinajstić information content (AvgIpc) is 2.96. The lowest BCUT2D eigenvalue weighted by molar-refractivity contribution is 0.172. The molecule has 0 bridgehead atoms. The lowest BCUT2D eigenvalue weighted by Crippen LogP contribution is -2.47. The average molecular weight is 300 g/mol. The summed E-state index contributed by atoms with van der Waals surface area (Å²) in [7, 11) is 0. The van der Waals surface area contributed by atoms with E-state index in [2.05, 4.69) is 59.0 Å². The van der Waals surface area contributed by atoms with Gasteiger partial charge in [-0.05, 0) is 38.0 Å². The Labute approximate surface area is 131 Å². The Bertz CT molecular complexity index is 644. The molecule has 0 amide bonds. The quantitative estimate of drug-likeness (QED) is 0.872. The molecule has 3 rings (SSSR count). The van der Waals surface area contributed by atoms with Gasteiger partial charge in [0.1, 0.15) is 0 Å². The van der Waals surface area contributed by atoms with E-state index in [9.17, 15) is 0 Å². The number of hydrogen-bond acceptors (Lipinski definition) is 5. The summed E-state index contributed by atoms with van der Waals surface area (Å²) in [5.74, 6) is 1.36. The Kier molecular flexibility index (Phi) is 4.16. The van der Waals surface area contributed by atoms with E-state index in [-0.39, 0.29) is 6.04 Å². The van der Waals surface area contributed by atoms with Crippen molar-refractivity contribution in [2.24, 2.45) is 0 Å². The van der Waals surface area contributed by atoms with Crippen LogP contribution in [0.4, 0.5) is 5.69 Å². The molecule has 0 aliphatic carbocycles. The van der Waals surface area contributed by atoms with Gasteiger partial charge in [-0.3, -0.25) is 4.90 Å². The summed E-state index contributed by atoms with van der Waals surface area (Å²) in [6.45, 7) is 12.4. The molecule has 22 heavy (non-hydrogen) atoms. The third kappa shape index (κ3) is 2.86. The van der Waals surface area contributed by atoms with E-state index < -0.39 is 0 Å². The maximum absolute atomic E-state index is 5.57. The molecule has 0 N–H and O–H groups in total. The molecule has 1 aromatic carbocycles. The number of nitrogens with zero attached hydrogens (tertiary/aromatic N) is 4. The van der Waals surface area contributed by atoms with Gasteiger partial charge in [0.15, 0.2) is 0 Å². The zero-order valence-corrected chi connectivity index (χ0v) is 13.8. The molecular formula is C17H24N4O. The van der Waals surface area contributed by atoms with Crippen molar-refractivity contribution in [2.45, 2.75) is 33.7 Å². The molecule has 2 heterocycles. The summed E-state index contributed by atoms with van der Waals surface area (Å²) in [4.78, 5) is 4.89. The standard InChI is InChI=1S/C17H24N4O/c1-12-6-5-7-16(13(12)2)21-10-8-20(9-11-21)14(3)17-19-18-15(4)22-17/h5-7,14H,8-11H2,1-4H3/t14-/m1/s1. The third-order valence-corrected chi connectivity index (χ3v) is 4.68. The van der Waals surface area contributed by atoms with Crippen LogP contribution < -0.4 is 4.90 Å². The summed E-state index contributed by atoms with van der Waals surface area (Å²) in [6, 6.07) is 6.73. The smallest absolute Gasteiger partial charge is 0.233 e. The zero-order chi connectivity index (χ0) is 15.7. The van der Waals surface area contributed by atoms with Gasteiger partial charge in [-0.25, -0.2) is 0 Å². The molecule has 1 aliphatic heterocycles. The Morgan fingerprint density at radius 1 is 1.05 bits per heavy atom. The van der Waals surface area contributed by atoms with Crippen LogP contribution in [0.15, 0.2) is 22.6 Å². The number of hydrogen-bond donors (Lipinski definition) is 0. The van der Waals surface area contributed by atoms with Crippen LogP contribution in [0.25, 0.3) is 0 Å². The first-order chi connectivity index (χ1) is 10.6. The van der Waals surface area contributed by atoms with Gasteiger partial charge in [-0.1, -0.05) is 12.1 Å². The van der Waals surface area contributed by atoms with Crippen LogP contribution in [-0.2, 0) is 0 Å². The Morgan fingerprint density at radius 2 is 1.77 bits per heavy atom. The van der Waals surface area contributed by atoms with Gasteiger partial charge >= 0.3 is 0 Å². The highest BCUT2D eigenvalue weighted by atomic mass is 16.4. The number of benzene rings is 1. The molecule has 0 spiro atoms. The van der Waals surface area contributed by atoms with Crippen molar-refractivity contribution in [3.63, 3.8) is 0 Å². The van der Waals surface area contributed by atoms with E-state index in [0.717, 1.165) is 32.1 Å². The first kappa shape index (κ1) is 15.0. The highest BCUT2D eigenvalue weighted by molar-refractivity contribution is 5.56. The number of piperazine rings is 1. The van der Waals surface area contributed by atoms with Gasteiger partial charge in [-0.2, -0.15) is 0 Å². The molecule has 1 atom stereocenters. The molecule has 5 nitrogen and oxygen atoms in total. The molecular weight excluding hydrogens is 276 g/mol. The second kappa shape index (κ2) is 6.08. The van der Waals surface area contributed by atoms with E-state index in [0.29, 0.717) is 5.89 Å². The summed E-state index contributed by atoms with van der Waals surface area (Å²) in [6.07, 6.45) is 0. The summed E-state index contributed by atoms with van der Waals surface area (Å²) in [5, 5.41) is 8.08. The van der Waals surface area contributed by atoms with E-state index in [1.807, 2.05) is 6.92 Å². The molecule has 1 aromatic heterocycles. The van der Waals surface area contributed by atoms with Crippen molar-refractivity contribution >= 4 is 5.69 Å². The lowest BCUT2D eigenvalue weighted by Gasteiger charge is -2.38. The minimum absolute atomic E-state index is 0.182. The predicted octanol–water partition coefficient (Wildman–Crippen LogP) is 2.88. The van der Waals surface area contributed by atoms with E-state index in [1.165, 1.54) is 16.8 Å². The topological polar surface area (TPSA) is 45.4 Å². The van der Waals surface area contributed by atoms with E-state index >= 15 is 0 Å². The summed E-state index contributed by atoms with van der Waals surface area (Å²) in [5.41, 5.74) is 4.10. The Morgan fingerprint density at radius 3 is 2.41 bits per heavy atom. The minimum atomic E-state index is 0.182. The molecule has 5 heteroatoms. The summed E-state index contributed by atoms with van der Waals surface area (Å²) < 4.78 is 5.57. The van der Waals surface area contributed by atoms with Gasteiger partial charge in [-0.15, -0.1) is 10.2 Å². The molecule has 1 fully saturated rings. The Balaban J connectivity index is 1.66. The predicted molar refractivity (Wildman–Crippen MR) is 87.2 cm³/mol. The van der Waals surface area contributed by atoms with E-state index in [4.69, 9.17) is 4.42 Å². The van der Waals surface area contributed by atoms with Crippen LogP contribution in [0.5, 0.6) is 0 Å². The van der Waals surface area contributed by atoms with Crippen molar-refractivity contribution < 1.29 is 4.42 Å². The fraction of sp³-hybridized carbons (Fsp3) is 0.529. The first-order valence-corrected chi connectivity index (χ1v) is 7.91. The molecule has 2 aromatic rings. The SMILES string of the molecule is Cc1nnc([C@@H](C)N2CCN(c3cccc(C)c3C)CC2)o1. The van der Waals surface area contributed by atoms with Crippen LogP contribution in [0.1, 0.15) is 35.9 Å². The zero-order valence-electron chi connectivity index (χ0n) is 13.8. The lowest BCUT2D eigenvalue weighted by atomic mass is 10.1. The van der Waals surface area contributed by atoms with Crippen LogP contribution in [-0.4, -0.2) is 41.3 Å². The van der Waals surface area contributed by atoms with Crippen LogP contribution in [0.2, 0.25) is 0 Å². The van der Waals surface area contributed by atoms with E-state index in [1.54, 1.807) is 0 Å². The monoisotopic (exact) mass is 300 g/mol. The molecule has 118 valence electrons. The molecule has 0 saturated carbocycles. The number of rotatable bonds is 3. The van der Waals surface area contributed by atoms with Crippen molar-refractivity contribution in [3.05, 3.63) is 41.1 Å². The first-order valence-electron chi connectivity index (χ1n) is 7.91. The Hall–Kier alpha value is -1.88. The van der Waals surface area contributed by atoms with Crippen molar-refractivity contribution in [2.75, 3.05) is 31.1 Å². The highest BCUT2D eigenvalue weighted by Crippen LogP contribution is 2.26. The molecule has 1 aliphatic rings. The van der Waals surface area contributed by atoms with Crippen molar-refractivity contribution in [1.29, 1.82) is 0 Å². The number of anilines is 1. The van der Waals surface area contributed by atoms with Crippen molar-refractivity contribution in [3.8, 4) is 0 Å². The van der Waals surface area contributed by atoms with Crippen LogP contribution >= 0.6 is 0 Å². The normalized spacial score (nSPS) is 17.7. The number of aromatic nitrogens is 2. The largest absolute Gasteiger partial charge is 0.424 e. The van der Waals surface area contributed by atoms with Gasteiger partial charge in [0.25, 0.3) is 0 Å². The molecule has 0 radical (unpaired) electrons. The fourth-order valence-electron chi connectivity index (χ4n) is 3.07. The fourth-order valence-corrected chi connectivity index (χ4v) is 3.07. The van der Waals surface area contributed by atoms with Gasteiger partial charge in [0.2, 0.25) is 11.8 Å². The van der Waals surface area contributed by atoms with Crippen LogP contribution in [0, 0.1) is 20.8 Å². The van der Waals surface area contributed by atoms with Gasteiger partial charge < -0.3 is 9.32 Å². The number of aryl methyl sites for hydroxylation is 2. The molecule has 1 saturated heterocycles. The second-order valence-electron chi connectivity index (χ2n) is 6.08. The van der Waals surface area contributed by atoms with Gasteiger partial charge in [0.05, 0.1) is 6.04 Å².